The number of benzene rings is 2. The molecule has 0 saturated heterocycles. The first-order valence-electron chi connectivity index (χ1n) is 8.14. The average molecular weight is 354 g/mol. The van der Waals surface area contributed by atoms with Crippen molar-refractivity contribution in [3.05, 3.63) is 54.1 Å². The molecule has 2 aromatic rings. The maximum absolute atomic E-state index is 11.9. The molecule has 0 fully saturated rings. The van der Waals surface area contributed by atoms with E-state index in [1.54, 1.807) is 24.3 Å². The van der Waals surface area contributed by atoms with Gasteiger partial charge in [-0.1, -0.05) is 12.1 Å². The maximum Gasteiger partial charge on any atom is 0.329 e. The minimum Gasteiger partial charge on any atom is -0.494 e. The lowest BCUT2D eigenvalue weighted by Gasteiger charge is -2.11. The maximum atomic E-state index is 11.9. The van der Waals surface area contributed by atoms with Crippen molar-refractivity contribution in [2.75, 3.05) is 30.9 Å². The molecule has 0 aliphatic heterocycles. The summed E-state index contributed by atoms with van der Waals surface area (Å²) < 4.78 is 5.32. The lowest BCUT2D eigenvalue weighted by molar-refractivity contribution is -0.136. The topological polar surface area (TPSA) is 83.0 Å². The second-order valence-corrected chi connectivity index (χ2v) is 5.60. The van der Waals surface area contributed by atoms with Gasteiger partial charge in [0.1, 0.15) is 5.75 Å². The highest BCUT2D eigenvalue weighted by atomic mass is 16.5. The first-order valence-corrected chi connectivity index (χ1v) is 8.14. The van der Waals surface area contributed by atoms with Gasteiger partial charge < -0.3 is 15.0 Å². The molecule has 2 amide bonds. The number of hydrogen-bond acceptors (Lipinski definition) is 5. The van der Waals surface area contributed by atoms with Gasteiger partial charge in [-0.25, -0.2) is 5.43 Å². The van der Waals surface area contributed by atoms with E-state index in [0.717, 1.165) is 11.3 Å². The number of amides is 2. The number of ether oxygens (including phenoxy) is 1. The van der Waals surface area contributed by atoms with E-state index >= 15 is 0 Å². The van der Waals surface area contributed by atoms with Gasteiger partial charge >= 0.3 is 11.8 Å². The third-order valence-corrected chi connectivity index (χ3v) is 3.42. The molecule has 0 aliphatic rings. The van der Waals surface area contributed by atoms with Gasteiger partial charge in [0.25, 0.3) is 0 Å². The van der Waals surface area contributed by atoms with E-state index in [2.05, 4.69) is 15.8 Å². The summed E-state index contributed by atoms with van der Waals surface area (Å²) in [5, 5.41) is 6.29. The van der Waals surface area contributed by atoms with Crippen LogP contribution < -0.4 is 20.4 Å². The molecule has 0 spiro atoms. The van der Waals surface area contributed by atoms with E-state index < -0.39 is 11.8 Å². The highest BCUT2D eigenvalue weighted by Gasteiger charge is 2.12. The molecule has 0 aromatic heterocycles. The van der Waals surface area contributed by atoms with Gasteiger partial charge in [0.15, 0.2) is 0 Å². The van der Waals surface area contributed by atoms with Gasteiger partial charge in [-0.2, -0.15) is 5.10 Å². The molecule has 2 N–H and O–H groups in total. The predicted molar refractivity (Wildman–Crippen MR) is 103 cm³/mol. The van der Waals surface area contributed by atoms with E-state index in [-0.39, 0.29) is 0 Å². The number of anilines is 2. The summed E-state index contributed by atoms with van der Waals surface area (Å²) in [6.45, 7) is 2.45. The fourth-order valence-corrected chi connectivity index (χ4v) is 2.06. The van der Waals surface area contributed by atoms with E-state index in [1.165, 1.54) is 6.21 Å². The van der Waals surface area contributed by atoms with Crippen LogP contribution in [0, 0.1) is 0 Å². The Bertz CT molecular complexity index is 768. The van der Waals surface area contributed by atoms with Crippen LogP contribution in [0.5, 0.6) is 5.75 Å². The molecule has 136 valence electrons. The Morgan fingerprint density at radius 1 is 1.04 bits per heavy atom. The number of hydrazone groups is 1. The average Bonchev–Trinajstić information content (AvgIpc) is 2.64. The summed E-state index contributed by atoms with van der Waals surface area (Å²) in [7, 11) is 3.90. The third-order valence-electron chi connectivity index (χ3n) is 3.42. The fourth-order valence-electron chi connectivity index (χ4n) is 2.06. The number of rotatable bonds is 6. The zero-order valence-electron chi connectivity index (χ0n) is 15.0. The van der Waals surface area contributed by atoms with E-state index in [0.29, 0.717) is 18.0 Å². The second kappa shape index (κ2) is 9.22. The smallest absolute Gasteiger partial charge is 0.329 e. The van der Waals surface area contributed by atoms with Gasteiger partial charge in [0.2, 0.25) is 0 Å². The van der Waals surface area contributed by atoms with Crippen LogP contribution in [0.2, 0.25) is 0 Å². The van der Waals surface area contributed by atoms with Crippen molar-refractivity contribution in [1.82, 2.24) is 5.43 Å². The molecule has 0 bridgehead atoms. The van der Waals surface area contributed by atoms with Gasteiger partial charge in [0, 0.05) is 25.5 Å². The first kappa shape index (κ1) is 19.0. The molecule has 0 unspecified atom stereocenters. The summed E-state index contributed by atoms with van der Waals surface area (Å²) >= 11 is 0. The SMILES string of the molecule is CCOc1ccc(NC(=O)C(=O)N/N=C\c2ccc(N(C)C)cc2)cc1. The monoisotopic (exact) mass is 354 g/mol. The third kappa shape index (κ3) is 5.62. The Morgan fingerprint density at radius 3 is 2.27 bits per heavy atom. The Kier molecular flexibility index (Phi) is 6.73. The molecule has 0 aliphatic carbocycles. The van der Waals surface area contributed by atoms with Gasteiger partial charge in [-0.15, -0.1) is 0 Å². The van der Waals surface area contributed by atoms with Crippen molar-refractivity contribution >= 4 is 29.4 Å². The van der Waals surface area contributed by atoms with Crippen LogP contribution in [0.3, 0.4) is 0 Å². The Morgan fingerprint density at radius 2 is 1.69 bits per heavy atom. The van der Waals surface area contributed by atoms with Crippen molar-refractivity contribution in [3.63, 3.8) is 0 Å². The number of nitrogens with zero attached hydrogens (tertiary/aromatic N) is 2. The molecule has 0 saturated carbocycles. The highest BCUT2D eigenvalue weighted by Crippen LogP contribution is 2.15. The lowest BCUT2D eigenvalue weighted by atomic mass is 10.2. The highest BCUT2D eigenvalue weighted by molar-refractivity contribution is 6.39. The Balaban J connectivity index is 1.85. The first-order chi connectivity index (χ1) is 12.5. The van der Waals surface area contributed by atoms with Gasteiger partial charge in [-0.3, -0.25) is 9.59 Å². The fraction of sp³-hybridized carbons (Fsp3) is 0.211. The lowest BCUT2D eigenvalue weighted by Crippen LogP contribution is -2.32. The molecular formula is C19H22N4O3. The molecule has 0 radical (unpaired) electrons. The Hall–Kier alpha value is -3.35. The minimum absolute atomic E-state index is 0.497. The number of hydrogen-bond donors (Lipinski definition) is 2. The van der Waals surface area contributed by atoms with Crippen LogP contribution in [0.4, 0.5) is 11.4 Å². The molecular weight excluding hydrogens is 332 g/mol. The van der Waals surface area contributed by atoms with E-state index in [4.69, 9.17) is 4.74 Å². The van der Waals surface area contributed by atoms with Gasteiger partial charge in [-0.05, 0) is 48.9 Å². The molecule has 2 rings (SSSR count). The van der Waals surface area contributed by atoms with Crippen LogP contribution >= 0.6 is 0 Å². The molecule has 0 heterocycles. The van der Waals surface area contributed by atoms with Crippen molar-refractivity contribution < 1.29 is 14.3 Å². The molecule has 0 atom stereocenters. The molecule has 7 heteroatoms. The van der Waals surface area contributed by atoms with Crippen LogP contribution in [0.1, 0.15) is 12.5 Å². The van der Waals surface area contributed by atoms with Crippen LogP contribution in [0.25, 0.3) is 0 Å². The van der Waals surface area contributed by atoms with Crippen molar-refractivity contribution in [1.29, 1.82) is 0 Å². The zero-order valence-corrected chi connectivity index (χ0v) is 15.0. The predicted octanol–water partition coefficient (Wildman–Crippen LogP) is 2.24. The molecule has 2 aromatic carbocycles. The van der Waals surface area contributed by atoms with Crippen LogP contribution in [-0.4, -0.2) is 38.7 Å². The summed E-state index contributed by atoms with van der Waals surface area (Å²) in [5.41, 5.74) is 4.57. The zero-order chi connectivity index (χ0) is 18.9. The van der Waals surface area contributed by atoms with Gasteiger partial charge in [0.05, 0.1) is 12.8 Å². The summed E-state index contributed by atoms with van der Waals surface area (Å²) in [4.78, 5) is 25.6. The minimum atomic E-state index is -0.847. The quantitative estimate of drug-likeness (QED) is 0.473. The normalized spacial score (nSPS) is 10.4. The Labute approximate surface area is 152 Å². The van der Waals surface area contributed by atoms with Crippen molar-refractivity contribution in [2.24, 2.45) is 5.10 Å². The van der Waals surface area contributed by atoms with Crippen molar-refractivity contribution in [2.45, 2.75) is 6.92 Å². The van der Waals surface area contributed by atoms with E-state index in [1.807, 2.05) is 50.2 Å². The van der Waals surface area contributed by atoms with Crippen LogP contribution in [-0.2, 0) is 9.59 Å². The standard InChI is InChI=1S/C19H22N4O3/c1-4-26-17-11-7-15(8-12-17)21-18(24)19(25)22-20-13-14-5-9-16(10-6-14)23(2)3/h5-13H,4H2,1-3H3,(H,21,24)(H,22,25)/b20-13-. The number of carbonyl (C=O) groups is 2. The number of carbonyl (C=O) groups excluding carboxylic acids is 2. The molecule has 26 heavy (non-hydrogen) atoms. The number of nitrogens with one attached hydrogen (secondary N) is 2. The van der Waals surface area contributed by atoms with E-state index in [9.17, 15) is 9.59 Å². The second-order valence-electron chi connectivity index (χ2n) is 5.60. The summed E-state index contributed by atoms with van der Waals surface area (Å²) in [6.07, 6.45) is 1.47. The summed E-state index contributed by atoms with van der Waals surface area (Å²) in [5.74, 6) is -0.950. The van der Waals surface area contributed by atoms with Crippen molar-refractivity contribution in [3.8, 4) is 5.75 Å². The van der Waals surface area contributed by atoms with Crippen LogP contribution in [0.15, 0.2) is 53.6 Å². The largest absolute Gasteiger partial charge is 0.494 e. The molecule has 7 nitrogen and oxygen atoms in total. The summed E-state index contributed by atoms with van der Waals surface area (Å²) in [6, 6.07) is 14.3.